The molecule has 0 saturated carbocycles. The van der Waals surface area contributed by atoms with E-state index in [0.717, 1.165) is 11.1 Å². The van der Waals surface area contributed by atoms with Crippen molar-refractivity contribution < 1.29 is 4.48 Å². The van der Waals surface area contributed by atoms with E-state index in [0.29, 0.717) is 11.7 Å². The minimum absolute atomic E-state index is 0.294. The maximum atomic E-state index is 12.8. The van der Waals surface area contributed by atoms with Gasteiger partial charge in [-0.25, -0.2) is 5.12 Å². The van der Waals surface area contributed by atoms with Gasteiger partial charge in [0.15, 0.2) is 0 Å². The Morgan fingerprint density at radius 3 is 3.08 bits per heavy atom. The first-order valence-corrected chi connectivity index (χ1v) is 4.06. The molecule has 0 bridgehead atoms. The van der Waals surface area contributed by atoms with Crippen molar-refractivity contribution >= 4 is 5.57 Å². The third kappa shape index (κ3) is 1.75. The molecule has 1 aliphatic rings. The summed E-state index contributed by atoms with van der Waals surface area (Å²) in [6.07, 6.45) is 8.42. The molecule has 13 heavy (non-hydrogen) atoms. The summed E-state index contributed by atoms with van der Waals surface area (Å²) < 4.78 is 12.8. The van der Waals surface area contributed by atoms with Crippen LogP contribution in [-0.2, 0) is 0 Å². The van der Waals surface area contributed by atoms with Crippen LogP contribution >= 0.6 is 0 Å². The first kappa shape index (κ1) is 7.98. The fourth-order valence-electron chi connectivity index (χ4n) is 1.26. The van der Waals surface area contributed by atoms with Gasteiger partial charge >= 0.3 is 0 Å². The number of pyridine rings is 1. The quantitative estimate of drug-likeness (QED) is 0.610. The zero-order chi connectivity index (χ0) is 9.10. The highest BCUT2D eigenvalue weighted by molar-refractivity contribution is 5.68. The first-order chi connectivity index (χ1) is 6.36. The second-order valence-electron chi connectivity index (χ2n) is 2.83. The molecule has 0 saturated heterocycles. The first-order valence-electron chi connectivity index (χ1n) is 4.06. The van der Waals surface area contributed by atoms with E-state index in [4.69, 9.17) is 0 Å². The molecule has 0 radical (unpaired) electrons. The highest BCUT2D eigenvalue weighted by Crippen LogP contribution is 2.18. The van der Waals surface area contributed by atoms with Crippen LogP contribution in [0.2, 0.25) is 0 Å². The molecule has 1 aliphatic heterocycles. The van der Waals surface area contributed by atoms with Gasteiger partial charge < -0.3 is 0 Å². The highest BCUT2D eigenvalue weighted by atomic mass is 19.2. The zero-order valence-corrected chi connectivity index (χ0v) is 7.02. The van der Waals surface area contributed by atoms with Crippen LogP contribution in [-0.4, -0.2) is 16.7 Å². The fourth-order valence-corrected chi connectivity index (χ4v) is 1.26. The second-order valence-corrected chi connectivity index (χ2v) is 2.83. The van der Waals surface area contributed by atoms with E-state index in [9.17, 15) is 4.48 Å². The Hall–Kier alpha value is -1.64. The van der Waals surface area contributed by atoms with Crippen LogP contribution in [0.4, 0.5) is 4.48 Å². The van der Waals surface area contributed by atoms with Crippen molar-refractivity contribution in [3.05, 3.63) is 48.4 Å². The average Bonchev–Trinajstić information content (AvgIpc) is 2.19. The van der Waals surface area contributed by atoms with E-state index in [1.807, 2.05) is 18.2 Å². The fraction of sp³-hybridized carbons (Fsp3) is 0.100. The van der Waals surface area contributed by atoms with E-state index in [1.54, 1.807) is 18.5 Å². The molecule has 2 rings (SSSR count). The van der Waals surface area contributed by atoms with Crippen LogP contribution in [0.5, 0.6) is 0 Å². The van der Waals surface area contributed by atoms with Gasteiger partial charge in [0, 0.05) is 18.6 Å². The van der Waals surface area contributed by atoms with Crippen molar-refractivity contribution in [2.45, 2.75) is 0 Å². The Morgan fingerprint density at radius 1 is 1.46 bits per heavy atom. The average molecular weight is 176 g/mol. The predicted molar refractivity (Wildman–Crippen MR) is 49.2 cm³/mol. The minimum atomic E-state index is 0.294. The lowest BCUT2D eigenvalue weighted by Crippen LogP contribution is -2.11. The monoisotopic (exact) mass is 176 g/mol. The molecule has 0 spiro atoms. The SMILES string of the molecule is FN1C=CC=C(c2cccnc2)C1. The maximum absolute atomic E-state index is 12.8. The minimum Gasteiger partial charge on any atom is -0.264 e. The molecule has 2 nitrogen and oxygen atoms in total. The van der Waals surface area contributed by atoms with Crippen molar-refractivity contribution in [3.63, 3.8) is 0 Å². The molecule has 0 atom stereocenters. The lowest BCUT2D eigenvalue weighted by molar-refractivity contribution is 0.108. The Bertz CT molecular complexity index is 343. The third-order valence-electron chi connectivity index (χ3n) is 1.90. The molecular weight excluding hydrogens is 167 g/mol. The maximum Gasteiger partial charge on any atom is 0.0755 e. The molecule has 2 heterocycles. The van der Waals surface area contributed by atoms with Crippen LogP contribution in [0.15, 0.2) is 42.9 Å². The van der Waals surface area contributed by atoms with Gasteiger partial charge in [0.1, 0.15) is 0 Å². The third-order valence-corrected chi connectivity index (χ3v) is 1.90. The van der Waals surface area contributed by atoms with Gasteiger partial charge in [0.05, 0.1) is 6.54 Å². The number of rotatable bonds is 1. The number of hydrogen-bond donors (Lipinski definition) is 0. The van der Waals surface area contributed by atoms with E-state index in [1.165, 1.54) is 6.20 Å². The van der Waals surface area contributed by atoms with Crippen LogP contribution in [0.25, 0.3) is 5.57 Å². The Labute approximate surface area is 76.0 Å². The summed E-state index contributed by atoms with van der Waals surface area (Å²) in [5.74, 6) is 0. The van der Waals surface area contributed by atoms with E-state index in [-0.39, 0.29) is 0 Å². The van der Waals surface area contributed by atoms with E-state index >= 15 is 0 Å². The van der Waals surface area contributed by atoms with Crippen molar-refractivity contribution in [1.29, 1.82) is 0 Å². The molecule has 0 aromatic carbocycles. The summed E-state index contributed by atoms with van der Waals surface area (Å²) in [5, 5.41) is 0.655. The van der Waals surface area contributed by atoms with Crippen LogP contribution < -0.4 is 0 Å². The van der Waals surface area contributed by atoms with Gasteiger partial charge in [-0.2, -0.15) is 0 Å². The lowest BCUT2D eigenvalue weighted by atomic mass is 10.1. The standard InChI is InChI=1S/C10H9FN2/c11-13-6-2-4-10(8-13)9-3-1-5-12-7-9/h1-7H,8H2. The van der Waals surface area contributed by atoms with Crippen LogP contribution in [0, 0.1) is 0 Å². The molecule has 0 N–H and O–H groups in total. The summed E-state index contributed by atoms with van der Waals surface area (Å²) in [6.45, 7) is 0.294. The lowest BCUT2D eigenvalue weighted by Gasteiger charge is -2.14. The molecule has 3 heteroatoms. The molecule has 1 aromatic heterocycles. The summed E-state index contributed by atoms with van der Waals surface area (Å²) in [5.41, 5.74) is 1.91. The molecule has 66 valence electrons. The van der Waals surface area contributed by atoms with Gasteiger partial charge in [0.2, 0.25) is 0 Å². The largest absolute Gasteiger partial charge is 0.264 e. The smallest absolute Gasteiger partial charge is 0.0755 e. The summed E-state index contributed by atoms with van der Waals surface area (Å²) in [4.78, 5) is 3.98. The molecular formula is C10H9FN2. The van der Waals surface area contributed by atoms with Crippen LogP contribution in [0.3, 0.4) is 0 Å². The molecule has 0 amide bonds. The van der Waals surface area contributed by atoms with Crippen molar-refractivity contribution in [2.24, 2.45) is 0 Å². The number of nitrogens with zero attached hydrogens (tertiary/aromatic N) is 2. The topological polar surface area (TPSA) is 16.1 Å². The zero-order valence-electron chi connectivity index (χ0n) is 7.02. The summed E-state index contributed by atoms with van der Waals surface area (Å²) in [6, 6.07) is 3.77. The van der Waals surface area contributed by atoms with E-state index < -0.39 is 0 Å². The van der Waals surface area contributed by atoms with Gasteiger partial charge in [-0.1, -0.05) is 12.1 Å². The number of aromatic nitrogens is 1. The molecule has 0 aliphatic carbocycles. The Morgan fingerprint density at radius 2 is 2.38 bits per heavy atom. The van der Waals surface area contributed by atoms with Crippen molar-refractivity contribution in [2.75, 3.05) is 6.54 Å². The summed E-state index contributed by atoms with van der Waals surface area (Å²) in [7, 11) is 0. The molecule has 0 fully saturated rings. The molecule has 1 aromatic rings. The van der Waals surface area contributed by atoms with Gasteiger partial charge in [-0.3, -0.25) is 4.98 Å². The Kier molecular flexibility index (Phi) is 2.08. The van der Waals surface area contributed by atoms with E-state index in [2.05, 4.69) is 4.98 Å². The predicted octanol–water partition coefficient (Wildman–Crippen LogP) is 2.18. The van der Waals surface area contributed by atoms with Gasteiger partial charge in [0.25, 0.3) is 0 Å². The number of halogens is 1. The highest BCUT2D eigenvalue weighted by Gasteiger charge is 2.07. The van der Waals surface area contributed by atoms with Gasteiger partial charge in [-0.15, -0.1) is 4.48 Å². The molecule has 0 unspecified atom stereocenters. The number of hydrogen-bond acceptors (Lipinski definition) is 2. The van der Waals surface area contributed by atoms with Crippen molar-refractivity contribution in [1.82, 2.24) is 10.1 Å². The number of allylic oxidation sites excluding steroid dienone is 2. The second kappa shape index (κ2) is 3.39. The van der Waals surface area contributed by atoms with Crippen LogP contribution in [0.1, 0.15) is 5.56 Å². The Balaban J connectivity index is 2.28. The van der Waals surface area contributed by atoms with Gasteiger partial charge in [-0.05, 0) is 23.3 Å². The summed E-state index contributed by atoms with van der Waals surface area (Å²) >= 11 is 0. The van der Waals surface area contributed by atoms with Crippen molar-refractivity contribution in [3.8, 4) is 0 Å². The normalized spacial score (nSPS) is 15.8.